The van der Waals surface area contributed by atoms with Gasteiger partial charge in [-0.25, -0.2) is 12.8 Å². The summed E-state index contributed by atoms with van der Waals surface area (Å²) in [4.78, 5) is 0.200. The normalized spacial score (nSPS) is 16.1. The summed E-state index contributed by atoms with van der Waals surface area (Å²) in [5.74, 6) is 0.161. The number of ether oxygens (including phenoxy) is 2. The molecule has 0 spiro atoms. The monoisotopic (exact) mass is 529 g/mol. The Bertz CT molecular complexity index is 892. The van der Waals surface area contributed by atoms with Gasteiger partial charge in [0.05, 0.1) is 24.9 Å². The highest BCUT2D eigenvalue weighted by molar-refractivity contribution is 7.93. The predicted molar refractivity (Wildman–Crippen MR) is 144 cm³/mol. The lowest BCUT2D eigenvalue weighted by Gasteiger charge is -2.26. The van der Waals surface area contributed by atoms with Crippen LogP contribution in [0.2, 0.25) is 0 Å². The quantitative estimate of drug-likeness (QED) is 0.101. The van der Waals surface area contributed by atoms with Crippen molar-refractivity contribution in [3.8, 4) is 0 Å². The maximum Gasteiger partial charge on any atom is 0.259 e. The summed E-state index contributed by atoms with van der Waals surface area (Å²) in [5.41, 5.74) is 0. The van der Waals surface area contributed by atoms with Gasteiger partial charge in [0, 0.05) is 12.7 Å². The van der Waals surface area contributed by atoms with Crippen LogP contribution >= 0.6 is 0 Å². The minimum absolute atomic E-state index is 0.0660. The Kier molecular flexibility index (Phi) is 16.8. The van der Waals surface area contributed by atoms with Gasteiger partial charge in [-0.15, -0.1) is 6.58 Å². The highest BCUT2D eigenvalue weighted by Gasteiger charge is 2.27. The van der Waals surface area contributed by atoms with E-state index < -0.39 is 28.4 Å². The molecule has 0 aromatic carbocycles. The van der Waals surface area contributed by atoms with E-state index in [9.17, 15) is 23.0 Å². The fourth-order valence-electron chi connectivity index (χ4n) is 3.24. The van der Waals surface area contributed by atoms with Crippen molar-refractivity contribution < 1.29 is 32.5 Å². The van der Waals surface area contributed by atoms with E-state index in [4.69, 9.17) is 9.47 Å². The van der Waals surface area contributed by atoms with Crippen LogP contribution in [0, 0.1) is 11.8 Å². The van der Waals surface area contributed by atoms with E-state index in [2.05, 4.69) is 13.2 Å². The SMILES string of the molecule is C=C/C(=C\C(F)C(C)CC/C(=C\CC)S(=O)(=O)N(/C=C/C=C(\C)OC)CC(C=C)CCC(O)O)OC. The minimum atomic E-state index is -3.94. The van der Waals surface area contributed by atoms with Crippen molar-refractivity contribution in [3.63, 3.8) is 0 Å². The molecule has 0 saturated heterocycles. The molecule has 0 heterocycles. The van der Waals surface area contributed by atoms with Crippen LogP contribution in [-0.2, 0) is 19.5 Å². The van der Waals surface area contributed by atoms with Crippen LogP contribution in [0.25, 0.3) is 0 Å². The molecular formula is C27H44FNO6S. The van der Waals surface area contributed by atoms with Crippen molar-refractivity contribution in [1.82, 2.24) is 4.31 Å². The van der Waals surface area contributed by atoms with Gasteiger partial charge in [0.2, 0.25) is 0 Å². The summed E-state index contributed by atoms with van der Waals surface area (Å²) in [7, 11) is -0.991. The van der Waals surface area contributed by atoms with Crippen LogP contribution in [0.15, 0.2) is 72.2 Å². The van der Waals surface area contributed by atoms with Crippen LogP contribution in [0.4, 0.5) is 4.39 Å². The molecule has 0 amide bonds. The molecule has 0 aliphatic carbocycles. The minimum Gasteiger partial charge on any atom is -0.501 e. The van der Waals surface area contributed by atoms with Gasteiger partial charge in [-0.3, -0.25) is 4.31 Å². The first-order valence-electron chi connectivity index (χ1n) is 12.1. The van der Waals surface area contributed by atoms with Crippen LogP contribution in [0.3, 0.4) is 0 Å². The van der Waals surface area contributed by atoms with Gasteiger partial charge in [-0.2, -0.15) is 0 Å². The zero-order valence-electron chi connectivity index (χ0n) is 22.3. The Hall–Kier alpha value is -2.36. The van der Waals surface area contributed by atoms with Gasteiger partial charge in [0.1, 0.15) is 11.9 Å². The van der Waals surface area contributed by atoms with Gasteiger partial charge >= 0.3 is 0 Å². The third-order valence-corrected chi connectivity index (χ3v) is 7.59. The standard InChI is InChI=1S/C27H44FNO6S/c1-8-12-25(16-14-21(4)26(28)19-24(10-3)35-7)36(32,33)29(18-11-13-22(5)34-6)20-23(9-2)15-17-27(30)31/h9-13,18-19,21,23,26-27,30-31H,2-3,8,14-17,20H2,1,4-7H3/b18-11+,22-13+,24-19+,25-12+. The number of allylic oxidation sites excluding steroid dienone is 7. The van der Waals surface area contributed by atoms with Crippen molar-refractivity contribution in [2.24, 2.45) is 11.8 Å². The molecular weight excluding hydrogens is 485 g/mol. The molecule has 0 aliphatic rings. The number of halogens is 1. The fraction of sp³-hybridized carbons (Fsp3) is 0.556. The largest absolute Gasteiger partial charge is 0.501 e. The van der Waals surface area contributed by atoms with Crippen LogP contribution in [-0.4, -0.2) is 56.2 Å². The number of alkyl halides is 1. The summed E-state index contributed by atoms with van der Waals surface area (Å²) in [6, 6.07) is 0. The molecule has 206 valence electrons. The predicted octanol–water partition coefficient (Wildman–Crippen LogP) is 5.34. The van der Waals surface area contributed by atoms with E-state index in [-0.39, 0.29) is 30.2 Å². The number of methoxy groups -OCH3 is 2. The molecule has 0 rings (SSSR count). The molecule has 0 saturated carbocycles. The topological polar surface area (TPSA) is 96.3 Å². The molecule has 0 fully saturated rings. The Morgan fingerprint density at radius 1 is 1.14 bits per heavy atom. The number of rotatable bonds is 19. The molecule has 0 radical (unpaired) electrons. The van der Waals surface area contributed by atoms with Gasteiger partial charge in [0.15, 0.2) is 6.29 Å². The number of aliphatic hydroxyl groups is 2. The lowest BCUT2D eigenvalue weighted by molar-refractivity contribution is -0.0480. The first-order valence-corrected chi connectivity index (χ1v) is 13.5. The Labute approximate surface area is 217 Å². The van der Waals surface area contributed by atoms with E-state index in [1.54, 1.807) is 38.2 Å². The number of aliphatic hydroxyl groups excluding tert-OH is 1. The van der Waals surface area contributed by atoms with E-state index in [0.717, 1.165) is 0 Å². The molecule has 0 aliphatic heterocycles. The first kappa shape index (κ1) is 33.6. The molecule has 0 aromatic rings. The van der Waals surface area contributed by atoms with Crippen LogP contribution < -0.4 is 0 Å². The second-order valence-corrected chi connectivity index (χ2v) is 10.4. The van der Waals surface area contributed by atoms with Crippen molar-refractivity contribution in [2.75, 3.05) is 20.8 Å². The average Bonchev–Trinajstić information content (AvgIpc) is 2.85. The molecule has 2 N–H and O–H groups in total. The number of hydrogen-bond acceptors (Lipinski definition) is 6. The third kappa shape index (κ3) is 12.6. The maximum absolute atomic E-state index is 14.7. The average molecular weight is 530 g/mol. The molecule has 7 nitrogen and oxygen atoms in total. The maximum atomic E-state index is 14.7. The van der Waals surface area contributed by atoms with Gasteiger partial charge in [-0.05, 0) is 75.2 Å². The van der Waals surface area contributed by atoms with E-state index in [0.29, 0.717) is 30.8 Å². The second kappa shape index (κ2) is 18.0. The van der Waals surface area contributed by atoms with E-state index in [1.807, 2.05) is 6.92 Å². The van der Waals surface area contributed by atoms with E-state index >= 15 is 0 Å². The Balaban J connectivity index is 5.96. The van der Waals surface area contributed by atoms with Crippen molar-refractivity contribution in [3.05, 3.63) is 72.2 Å². The molecule has 0 bridgehead atoms. The number of hydrogen-bond donors (Lipinski definition) is 2. The first-order chi connectivity index (χ1) is 17.0. The summed E-state index contributed by atoms with van der Waals surface area (Å²) < 4.78 is 53.4. The van der Waals surface area contributed by atoms with Crippen molar-refractivity contribution in [2.45, 2.75) is 65.3 Å². The zero-order valence-corrected chi connectivity index (χ0v) is 23.1. The Morgan fingerprint density at radius 3 is 2.31 bits per heavy atom. The Morgan fingerprint density at radius 2 is 1.81 bits per heavy atom. The number of sulfonamides is 1. The molecule has 9 heteroatoms. The highest BCUT2D eigenvalue weighted by atomic mass is 32.2. The molecule has 3 unspecified atom stereocenters. The van der Waals surface area contributed by atoms with E-state index in [1.165, 1.54) is 36.9 Å². The summed E-state index contributed by atoms with van der Waals surface area (Å²) in [6.45, 7) is 12.7. The summed E-state index contributed by atoms with van der Waals surface area (Å²) in [5, 5.41) is 18.5. The second-order valence-electron chi connectivity index (χ2n) is 8.47. The van der Waals surface area contributed by atoms with Crippen molar-refractivity contribution >= 4 is 10.0 Å². The number of nitrogens with zero attached hydrogens (tertiary/aromatic N) is 1. The van der Waals surface area contributed by atoms with Gasteiger partial charge in [-0.1, -0.05) is 32.6 Å². The fourth-order valence-corrected chi connectivity index (χ4v) is 4.92. The smallest absolute Gasteiger partial charge is 0.259 e. The van der Waals surface area contributed by atoms with Gasteiger partial charge < -0.3 is 19.7 Å². The summed E-state index contributed by atoms with van der Waals surface area (Å²) in [6.07, 6.45) is 9.25. The molecule has 3 atom stereocenters. The van der Waals surface area contributed by atoms with Crippen LogP contribution in [0.1, 0.15) is 52.9 Å². The summed E-state index contributed by atoms with van der Waals surface area (Å²) >= 11 is 0. The third-order valence-electron chi connectivity index (χ3n) is 5.67. The zero-order chi connectivity index (χ0) is 27.7. The highest BCUT2D eigenvalue weighted by Crippen LogP contribution is 2.26. The van der Waals surface area contributed by atoms with Gasteiger partial charge in [0.25, 0.3) is 10.0 Å². The lowest BCUT2D eigenvalue weighted by Crippen LogP contribution is -2.32. The molecule has 0 aromatic heterocycles. The lowest BCUT2D eigenvalue weighted by atomic mass is 9.99. The van der Waals surface area contributed by atoms with Crippen LogP contribution in [0.5, 0.6) is 0 Å². The van der Waals surface area contributed by atoms with Crippen molar-refractivity contribution in [1.29, 1.82) is 0 Å². The molecule has 36 heavy (non-hydrogen) atoms.